The maximum Gasteiger partial charge on any atom is 0.321 e. The van der Waals surface area contributed by atoms with Crippen LogP contribution in [0.15, 0.2) is 48.5 Å². The molecule has 5 nitrogen and oxygen atoms in total. The summed E-state index contributed by atoms with van der Waals surface area (Å²) in [5.41, 5.74) is 2.37. The molecule has 3 amide bonds. The topological polar surface area (TPSA) is 52.7 Å². The van der Waals surface area contributed by atoms with E-state index in [2.05, 4.69) is 5.32 Å². The predicted octanol–water partition coefficient (Wildman–Crippen LogP) is 3.97. The summed E-state index contributed by atoms with van der Waals surface area (Å²) in [4.78, 5) is 27.4. The van der Waals surface area contributed by atoms with Crippen LogP contribution < -0.4 is 5.32 Å². The van der Waals surface area contributed by atoms with Crippen molar-refractivity contribution in [1.82, 2.24) is 9.80 Å². The van der Waals surface area contributed by atoms with Crippen LogP contribution in [0.2, 0.25) is 0 Å². The van der Waals surface area contributed by atoms with Crippen LogP contribution in [-0.4, -0.2) is 47.9 Å². The zero-order valence-corrected chi connectivity index (χ0v) is 15.6. The number of hydrogen-bond donors (Lipinski definition) is 1. The van der Waals surface area contributed by atoms with Crippen molar-refractivity contribution in [2.24, 2.45) is 0 Å². The highest BCUT2D eigenvalue weighted by atomic mass is 19.1. The van der Waals surface area contributed by atoms with Gasteiger partial charge in [-0.3, -0.25) is 4.79 Å². The van der Waals surface area contributed by atoms with Crippen LogP contribution in [0, 0.1) is 5.82 Å². The molecule has 2 aromatic rings. The van der Waals surface area contributed by atoms with E-state index in [0.29, 0.717) is 18.8 Å². The first-order valence-corrected chi connectivity index (χ1v) is 9.09. The van der Waals surface area contributed by atoms with E-state index in [0.717, 1.165) is 24.0 Å². The first-order chi connectivity index (χ1) is 12.9. The van der Waals surface area contributed by atoms with Crippen LogP contribution in [0.25, 0.3) is 11.1 Å². The SMILES string of the molecule is CC(=O)N1CCC(N(C)C(=O)Nc2ccc(-c3cccc(F)c3)cc2)CC1. The average molecular weight is 369 g/mol. The van der Waals surface area contributed by atoms with E-state index in [1.807, 2.05) is 35.2 Å². The standard InChI is InChI=1S/C21H24FN3O2/c1-15(26)25-12-10-20(11-13-25)24(2)21(27)23-19-8-6-16(7-9-19)17-4-3-5-18(22)14-17/h3-9,14,20H,10-13H2,1-2H3,(H,23,27). The second kappa shape index (κ2) is 8.20. The van der Waals surface area contributed by atoms with Gasteiger partial charge in [0, 0.05) is 38.8 Å². The molecule has 2 aromatic carbocycles. The minimum Gasteiger partial charge on any atom is -0.343 e. The molecule has 1 saturated heterocycles. The quantitative estimate of drug-likeness (QED) is 0.890. The molecule has 1 fully saturated rings. The molecule has 3 rings (SSSR count). The highest BCUT2D eigenvalue weighted by Gasteiger charge is 2.26. The average Bonchev–Trinajstić information content (AvgIpc) is 2.68. The number of carbonyl (C=O) groups excluding carboxylic acids is 2. The van der Waals surface area contributed by atoms with Gasteiger partial charge in [-0.05, 0) is 48.2 Å². The monoisotopic (exact) mass is 369 g/mol. The van der Waals surface area contributed by atoms with Gasteiger partial charge in [-0.1, -0.05) is 24.3 Å². The highest BCUT2D eigenvalue weighted by molar-refractivity contribution is 5.89. The molecule has 0 radical (unpaired) electrons. The van der Waals surface area contributed by atoms with Crippen molar-refractivity contribution in [3.63, 3.8) is 0 Å². The van der Waals surface area contributed by atoms with E-state index in [9.17, 15) is 14.0 Å². The summed E-state index contributed by atoms with van der Waals surface area (Å²) in [6.07, 6.45) is 1.56. The molecule has 0 atom stereocenters. The summed E-state index contributed by atoms with van der Waals surface area (Å²) in [5.74, 6) is -0.193. The lowest BCUT2D eigenvalue weighted by Crippen LogP contribution is -2.47. The Balaban J connectivity index is 1.58. The Kier molecular flexibility index (Phi) is 5.74. The fraction of sp³-hybridized carbons (Fsp3) is 0.333. The molecule has 0 bridgehead atoms. The number of hydrogen-bond acceptors (Lipinski definition) is 2. The Morgan fingerprint density at radius 1 is 1.07 bits per heavy atom. The largest absolute Gasteiger partial charge is 0.343 e. The zero-order chi connectivity index (χ0) is 19.4. The maximum atomic E-state index is 13.4. The first-order valence-electron chi connectivity index (χ1n) is 9.09. The third-order valence-electron chi connectivity index (χ3n) is 5.07. The van der Waals surface area contributed by atoms with Gasteiger partial charge in [0.1, 0.15) is 5.82 Å². The first kappa shape index (κ1) is 18.9. The summed E-state index contributed by atoms with van der Waals surface area (Å²) >= 11 is 0. The molecule has 1 aliphatic heterocycles. The molecule has 1 aliphatic rings. The predicted molar refractivity (Wildman–Crippen MR) is 104 cm³/mol. The Bertz CT molecular complexity index is 814. The lowest BCUT2D eigenvalue weighted by molar-refractivity contribution is -0.130. The number of nitrogens with one attached hydrogen (secondary N) is 1. The summed E-state index contributed by atoms with van der Waals surface area (Å²) in [6.45, 7) is 2.93. The van der Waals surface area contributed by atoms with Gasteiger partial charge in [0.25, 0.3) is 0 Å². The van der Waals surface area contributed by atoms with Crippen LogP contribution in [0.3, 0.4) is 0 Å². The lowest BCUT2D eigenvalue weighted by Gasteiger charge is -2.36. The molecule has 0 aliphatic carbocycles. The molecule has 1 N–H and O–H groups in total. The van der Waals surface area contributed by atoms with Crippen molar-refractivity contribution in [2.45, 2.75) is 25.8 Å². The Labute approximate surface area is 158 Å². The van der Waals surface area contributed by atoms with Crippen molar-refractivity contribution in [2.75, 3.05) is 25.5 Å². The third kappa shape index (κ3) is 4.64. The summed E-state index contributed by atoms with van der Waals surface area (Å²) in [7, 11) is 1.78. The zero-order valence-electron chi connectivity index (χ0n) is 15.6. The van der Waals surface area contributed by atoms with Crippen molar-refractivity contribution in [1.29, 1.82) is 0 Å². The molecule has 142 valence electrons. The van der Waals surface area contributed by atoms with Gasteiger partial charge in [-0.2, -0.15) is 0 Å². The molecule has 1 heterocycles. The van der Waals surface area contributed by atoms with Gasteiger partial charge in [-0.15, -0.1) is 0 Å². The lowest BCUT2D eigenvalue weighted by atomic mass is 10.0. The van der Waals surface area contributed by atoms with Crippen molar-refractivity contribution in [3.05, 3.63) is 54.3 Å². The van der Waals surface area contributed by atoms with Gasteiger partial charge in [0.15, 0.2) is 0 Å². The van der Waals surface area contributed by atoms with Gasteiger partial charge < -0.3 is 15.1 Å². The second-order valence-corrected chi connectivity index (χ2v) is 6.87. The van der Waals surface area contributed by atoms with Crippen molar-refractivity contribution < 1.29 is 14.0 Å². The van der Waals surface area contributed by atoms with Gasteiger partial charge in [0.05, 0.1) is 0 Å². The van der Waals surface area contributed by atoms with Gasteiger partial charge in [-0.25, -0.2) is 9.18 Å². The number of halogens is 1. The summed E-state index contributed by atoms with van der Waals surface area (Å²) in [5, 5.41) is 2.90. The Hall–Kier alpha value is -2.89. The van der Waals surface area contributed by atoms with Crippen LogP contribution in [0.5, 0.6) is 0 Å². The number of carbonyl (C=O) groups is 2. The minimum atomic E-state index is -0.276. The molecular formula is C21H24FN3O2. The third-order valence-corrected chi connectivity index (χ3v) is 5.07. The number of benzene rings is 2. The number of nitrogens with zero attached hydrogens (tertiary/aromatic N) is 2. The molecule has 0 aromatic heterocycles. The van der Waals surface area contributed by atoms with Crippen LogP contribution in [-0.2, 0) is 4.79 Å². The van der Waals surface area contributed by atoms with E-state index in [1.54, 1.807) is 24.9 Å². The van der Waals surface area contributed by atoms with E-state index in [-0.39, 0.29) is 23.8 Å². The second-order valence-electron chi connectivity index (χ2n) is 6.87. The smallest absolute Gasteiger partial charge is 0.321 e. The van der Waals surface area contributed by atoms with E-state index in [4.69, 9.17) is 0 Å². The molecule has 27 heavy (non-hydrogen) atoms. The molecular weight excluding hydrogens is 345 g/mol. The van der Waals surface area contributed by atoms with E-state index in [1.165, 1.54) is 12.1 Å². The van der Waals surface area contributed by atoms with E-state index >= 15 is 0 Å². The highest BCUT2D eigenvalue weighted by Crippen LogP contribution is 2.23. The van der Waals surface area contributed by atoms with Crippen LogP contribution in [0.4, 0.5) is 14.9 Å². The fourth-order valence-corrected chi connectivity index (χ4v) is 3.36. The summed E-state index contributed by atoms with van der Waals surface area (Å²) in [6, 6.07) is 13.7. The normalized spacial score (nSPS) is 14.7. The number of likely N-dealkylation sites (tertiary alicyclic amines) is 1. The Morgan fingerprint density at radius 2 is 1.74 bits per heavy atom. The number of rotatable bonds is 3. The fourth-order valence-electron chi connectivity index (χ4n) is 3.36. The number of piperidine rings is 1. The van der Waals surface area contributed by atoms with Gasteiger partial charge in [0.2, 0.25) is 5.91 Å². The Morgan fingerprint density at radius 3 is 2.33 bits per heavy atom. The van der Waals surface area contributed by atoms with Crippen molar-refractivity contribution >= 4 is 17.6 Å². The molecule has 0 spiro atoms. The number of urea groups is 1. The molecule has 0 unspecified atom stereocenters. The van der Waals surface area contributed by atoms with Crippen molar-refractivity contribution in [3.8, 4) is 11.1 Å². The van der Waals surface area contributed by atoms with E-state index < -0.39 is 0 Å². The van der Waals surface area contributed by atoms with Gasteiger partial charge >= 0.3 is 6.03 Å². The van der Waals surface area contributed by atoms with Crippen LogP contribution >= 0.6 is 0 Å². The number of anilines is 1. The minimum absolute atomic E-state index is 0.0824. The molecule has 0 saturated carbocycles. The summed E-state index contributed by atoms with van der Waals surface area (Å²) < 4.78 is 13.4. The van der Waals surface area contributed by atoms with Crippen LogP contribution in [0.1, 0.15) is 19.8 Å². The molecule has 6 heteroatoms. The number of amides is 3. The maximum absolute atomic E-state index is 13.4.